The van der Waals surface area contributed by atoms with E-state index in [1.54, 1.807) is 0 Å². The molecule has 1 unspecified atom stereocenters. The van der Waals surface area contributed by atoms with Crippen LogP contribution in [-0.4, -0.2) is 24.7 Å². The molecule has 3 aromatic heterocycles. The van der Waals surface area contributed by atoms with Crippen molar-refractivity contribution in [3.63, 3.8) is 0 Å². The Labute approximate surface area is 874 Å². The van der Waals surface area contributed by atoms with Gasteiger partial charge in [0.1, 0.15) is 0 Å². The maximum Gasteiger partial charge on any atom is 0.254 e. The number of fused-ring (bicyclic) bond motifs is 17. The highest BCUT2D eigenvalue weighted by Gasteiger charge is 2.52. The van der Waals surface area contributed by atoms with Gasteiger partial charge in [-0.25, -0.2) is 0 Å². The molecule has 0 spiro atoms. The van der Waals surface area contributed by atoms with Gasteiger partial charge in [-0.05, 0) is 380 Å². The second kappa shape index (κ2) is 33.1. The van der Waals surface area contributed by atoms with E-state index in [4.69, 9.17) is 0 Å². The maximum absolute atomic E-state index is 2.71. The van der Waals surface area contributed by atoms with Gasteiger partial charge >= 0.3 is 0 Å². The first-order valence-corrected chi connectivity index (χ1v) is 54.9. The first-order valence-electron chi connectivity index (χ1n) is 53.3. The quantitative estimate of drug-likeness (QED) is 0.120. The number of benzene rings is 16. The molecule has 0 N–H and O–H groups in total. The molecular formula is C136H132B3N5S2. The maximum atomic E-state index is 2.71. The number of nitrogens with zero attached hydrogens (tertiary/aromatic N) is 5. The van der Waals surface area contributed by atoms with Gasteiger partial charge in [0.05, 0.1) is 21.0 Å². The van der Waals surface area contributed by atoms with Crippen molar-refractivity contribution < 1.29 is 0 Å². The van der Waals surface area contributed by atoms with Gasteiger partial charge in [-0.2, -0.15) is 0 Å². The molecule has 10 heteroatoms. The molecule has 4 aliphatic heterocycles. The Bertz CT molecular complexity index is 8560. The summed E-state index contributed by atoms with van der Waals surface area (Å²) in [5.74, 6) is 0.184. The van der Waals surface area contributed by atoms with E-state index in [2.05, 4.69) is 512 Å². The summed E-state index contributed by atoms with van der Waals surface area (Å²) in [5.41, 5.74) is 49.4. The van der Waals surface area contributed by atoms with Gasteiger partial charge in [-0.3, -0.25) is 0 Å². The Morgan fingerprint density at radius 3 is 1.13 bits per heavy atom. The summed E-state index contributed by atoms with van der Waals surface area (Å²) in [6.45, 7) is 57.1. The van der Waals surface area contributed by atoms with Crippen molar-refractivity contribution in [2.24, 2.45) is 0 Å². The fourth-order valence-electron chi connectivity index (χ4n) is 26.3. The minimum absolute atomic E-state index is 0.00348. The number of rotatable bonds is 11. The van der Waals surface area contributed by atoms with E-state index in [0.29, 0.717) is 0 Å². The minimum atomic E-state index is -0.284. The van der Waals surface area contributed by atoms with E-state index in [9.17, 15) is 0 Å². The lowest BCUT2D eigenvalue weighted by molar-refractivity contribution is 0.283. The van der Waals surface area contributed by atoms with Gasteiger partial charge in [-0.1, -0.05) is 331 Å². The molecule has 0 bridgehead atoms. The largest absolute Gasteiger partial charge is 0.311 e. The molecule has 0 fully saturated rings. The smallest absolute Gasteiger partial charge is 0.254 e. The number of hydrogen-bond donors (Lipinski definition) is 0. The van der Waals surface area contributed by atoms with Crippen molar-refractivity contribution in [2.45, 2.75) is 235 Å². The van der Waals surface area contributed by atoms with Crippen molar-refractivity contribution in [3.05, 3.63) is 394 Å². The van der Waals surface area contributed by atoms with Crippen LogP contribution in [0.2, 0.25) is 0 Å². The first kappa shape index (κ1) is 93.7. The highest BCUT2D eigenvalue weighted by molar-refractivity contribution is 7.27. The summed E-state index contributed by atoms with van der Waals surface area (Å²) in [6.07, 6.45) is 3.31. The van der Waals surface area contributed by atoms with Crippen LogP contribution in [-0.2, 0) is 43.3 Å². The fourth-order valence-corrected chi connectivity index (χ4v) is 28.9. The lowest BCUT2D eigenvalue weighted by atomic mass is 9.33. The highest BCUT2D eigenvalue weighted by Crippen LogP contribution is 2.59. The van der Waals surface area contributed by atoms with Crippen LogP contribution in [0.25, 0.3) is 69.9 Å². The molecule has 146 heavy (non-hydrogen) atoms. The SMILES string of the molecule is Cc1cccc(N2c3cc(C)ccc3B3c4c2cc(-c2ccc(B(c5ccccc5)c5cccc(C6CC(C)(C)c7cc8c9c(sc8cc7C6(C)C)N(c6ccc(C(C)(C)C)cc6)c6cc(-c7ccc(-n8c%10ccc(C(C)(C)C)cc%10c%10cc(C(C)(C)C)ccc%108)cc7)cc7c6B9c6ccc(C)cc6N7c6cccc(C)c6)c5)cc2)cc4N(c2ccc(C(C)(C)C)cc2)c2sc4cc5c(cc4c23)C(C)(C)CCC5(C)C)c1. The van der Waals surface area contributed by atoms with Crippen molar-refractivity contribution in [1.29, 1.82) is 0 Å². The van der Waals surface area contributed by atoms with Crippen LogP contribution in [0, 0.1) is 27.7 Å². The van der Waals surface area contributed by atoms with E-state index in [1.807, 2.05) is 22.7 Å². The van der Waals surface area contributed by atoms with Crippen LogP contribution in [0.3, 0.4) is 0 Å². The lowest BCUT2D eigenvalue weighted by Gasteiger charge is -2.48. The van der Waals surface area contributed by atoms with Crippen LogP contribution < -0.4 is 68.8 Å². The monoisotopic (exact) mass is 1930 g/mol. The minimum Gasteiger partial charge on any atom is -0.311 e. The molecule has 1 atom stereocenters. The van der Waals surface area contributed by atoms with Gasteiger partial charge in [0.15, 0.2) is 0 Å². The van der Waals surface area contributed by atoms with Crippen LogP contribution >= 0.6 is 22.7 Å². The molecule has 2 aliphatic carbocycles. The summed E-state index contributed by atoms with van der Waals surface area (Å²) >= 11 is 4.00. The first-order chi connectivity index (χ1) is 69.5. The number of aryl methyl sites for hydroxylation is 4. The molecule has 16 aromatic carbocycles. The Morgan fingerprint density at radius 1 is 0.288 bits per heavy atom. The second-order valence-corrected chi connectivity index (χ2v) is 52.6. The zero-order valence-electron chi connectivity index (χ0n) is 89.6. The predicted molar refractivity (Wildman–Crippen MR) is 637 cm³/mol. The summed E-state index contributed by atoms with van der Waals surface area (Å²) < 4.78 is 5.20. The second-order valence-electron chi connectivity index (χ2n) is 50.5. The Morgan fingerprint density at radius 2 is 0.678 bits per heavy atom. The topological polar surface area (TPSA) is 17.9 Å². The molecule has 25 rings (SSSR count). The predicted octanol–water partition coefficient (Wildman–Crippen LogP) is 31.7. The normalized spacial score (nSPS) is 16.2. The molecular weight excluding hydrogens is 1800 g/mol. The molecule has 7 heterocycles. The number of anilines is 12. The van der Waals surface area contributed by atoms with Crippen molar-refractivity contribution in [1.82, 2.24) is 4.57 Å². The van der Waals surface area contributed by atoms with Gasteiger partial charge in [-0.15, -0.1) is 22.7 Å². The summed E-state index contributed by atoms with van der Waals surface area (Å²) in [6, 6.07) is 128. The van der Waals surface area contributed by atoms with Crippen LogP contribution in [0.15, 0.2) is 322 Å². The molecule has 0 amide bonds. The number of thiophene rings is 2. The van der Waals surface area contributed by atoms with Crippen LogP contribution in [0.4, 0.5) is 66.9 Å². The van der Waals surface area contributed by atoms with Gasteiger partial charge in [0.25, 0.3) is 13.4 Å². The highest BCUT2D eigenvalue weighted by atomic mass is 32.1. The van der Waals surface area contributed by atoms with E-state index < -0.39 is 0 Å². The number of hydrogen-bond acceptors (Lipinski definition) is 6. The standard InChI is InChI=1S/C136H132B3N5S2/c1-81-31-28-37-100(65-81)141-115-67-83(3)39-59-111(115)138-123-104-76-106-108(134(19,20)64-63-133(106,17)18)78-121(104)145-127(123)143(98-55-45-90(46-56-98)129(5,6)7)119-72-88(70-117(141)125(119)138)85-41-51-95(52-42-85)137(94-34-26-25-27-35-94)96-36-30-33-87(69-96)110-80-135(21,22)107-77-105-122(79-109(107)136(110,23)24)146-128-124(105)139-112-60-40-84(4)68-116(112)142(101-38-29-32-82(2)66-101)118-71-89(73-120(126(118)139)144(128)99-57-47-91(48-58-99)130(8,9)10)86-43-53-97(54-44-86)140-113-61-49-92(131(11,12)13)74-102(113)103-75-93(132(14,15)16)50-62-114(103)140/h25-62,65-79,110H,63-64,80H2,1-24H3. The summed E-state index contributed by atoms with van der Waals surface area (Å²) in [4.78, 5) is 10.6. The van der Waals surface area contributed by atoms with E-state index >= 15 is 0 Å². The van der Waals surface area contributed by atoms with E-state index in [0.717, 1.165) is 29.9 Å². The average molecular weight is 1930 g/mol. The van der Waals surface area contributed by atoms with Crippen molar-refractivity contribution in [2.75, 3.05) is 19.6 Å². The molecule has 5 nitrogen and oxygen atoms in total. The zero-order chi connectivity index (χ0) is 101. The Balaban J connectivity index is 0.618. The lowest BCUT2D eigenvalue weighted by Crippen LogP contribution is -2.61. The van der Waals surface area contributed by atoms with Gasteiger partial charge < -0.3 is 24.2 Å². The molecule has 0 radical (unpaired) electrons. The van der Waals surface area contributed by atoms with Crippen molar-refractivity contribution in [3.8, 4) is 27.9 Å². The number of aromatic nitrogens is 1. The summed E-state index contributed by atoms with van der Waals surface area (Å²) in [7, 11) is 0. The van der Waals surface area contributed by atoms with E-state index in [1.165, 1.54) is 248 Å². The molecule has 722 valence electrons. The van der Waals surface area contributed by atoms with Crippen LogP contribution in [0.5, 0.6) is 0 Å². The summed E-state index contributed by atoms with van der Waals surface area (Å²) in [5, 5.41) is 7.93. The van der Waals surface area contributed by atoms with E-state index in [-0.39, 0.29) is 69.4 Å². The average Bonchev–Trinajstić information content (AvgIpc) is 1.42. The van der Waals surface area contributed by atoms with Gasteiger partial charge in [0.2, 0.25) is 6.71 Å². The third kappa shape index (κ3) is 15.0. The van der Waals surface area contributed by atoms with Crippen molar-refractivity contribution >= 4 is 201 Å². The third-order valence-corrected chi connectivity index (χ3v) is 36.9. The molecule has 0 saturated carbocycles. The Kier molecular flexibility index (Phi) is 21.2. The van der Waals surface area contributed by atoms with Crippen LogP contribution in [0.1, 0.15) is 236 Å². The Hall–Kier alpha value is -13.4. The zero-order valence-corrected chi connectivity index (χ0v) is 91.2. The molecule has 19 aromatic rings. The van der Waals surface area contributed by atoms with Gasteiger partial charge in [0, 0.05) is 82.7 Å². The fraction of sp³-hybridized carbons (Fsp3) is 0.265. The third-order valence-electron chi connectivity index (χ3n) is 34.6. The molecule has 0 saturated heterocycles. The molecule has 6 aliphatic rings.